The van der Waals surface area contributed by atoms with E-state index in [-0.39, 0.29) is 5.91 Å². The van der Waals surface area contributed by atoms with Crippen molar-refractivity contribution in [1.29, 1.82) is 0 Å². The number of hydrogen-bond donors (Lipinski definition) is 1. The number of rotatable bonds is 1. The maximum atomic E-state index is 12.5. The zero-order valence-corrected chi connectivity index (χ0v) is 14.3. The number of carbonyl (C=O) groups is 1. The molecule has 3 nitrogen and oxygen atoms in total. The molecule has 0 aliphatic carbocycles. The third-order valence-corrected chi connectivity index (χ3v) is 5.70. The number of aromatic amines is 1. The van der Waals surface area contributed by atoms with Crippen molar-refractivity contribution in [2.45, 2.75) is 13.0 Å². The molecule has 0 radical (unpaired) electrons. The highest BCUT2D eigenvalue weighted by Crippen LogP contribution is 2.33. The van der Waals surface area contributed by atoms with Crippen molar-refractivity contribution in [2.24, 2.45) is 0 Å². The van der Waals surface area contributed by atoms with Gasteiger partial charge in [0.2, 0.25) is 0 Å². The van der Waals surface area contributed by atoms with Crippen LogP contribution in [0.25, 0.3) is 0 Å². The van der Waals surface area contributed by atoms with Crippen molar-refractivity contribution in [2.75, 3.05) is 6.54 Å². The van der Waals surface area contributed by atoms with Crippen LogP contribution in [0.3, 0.4) is 0 Å². The van der Waals surface area contributed by atoms with Crippen LogP contribution in [0.5, 0.6) is 0 Å². The first-order valence-corrected chi connectivity index (χ1v) is 8.12. The first kappa shape index (κ1) is 14.2. The number of carbonyl (C=O) groups excluding carboxylic acids is 1. The number of amides is 1. The second-order valence-corrected chi connectivity index (χ2v) is 6.72. The molecule has 1 aromatic carbocycles. The number of halogens is 3. The lowest BCUT2D eigenvalue weighted by molar-refractivity contribution is 0.0734. The summed E-state index contributed by atoms with van der Waals surface area (Å²) in [7, 11) is 0. The first-order chi connectivity index (χ1) is 9.56. The lowest BCUT2D eigenvalue weighted by atomic mass is 10.1. The van der Waals surface area contributed by atoms with E-state index in [0.717, 1.165) is 21.1 Å². The van der Waals surface area contributed by atoms with Gasteiger partial charge < -0.3 is 9.88 Å². The second kappa shape index (κ2) is 5.54. The van der Waals surface area contributed by atoms with E-state index in [9.17, 15) is 4.79 Å². The van der Waals surface area contributed by atoms with Crippen molar-refractivity contribution >= 4 is 49.4 Å². The number of H-pyrrole nitrogens is 1. The van der Waals surface area contributed by atoms with Crippen LogP contribution >= 0.6 is 43.5 Å². The summed E-state index contributed by atoms with van der Waals surface area (Å²) in [6.45, 7) is 1.33. The van der Waals surface area contributed by atoms with E-state index in [1.165, 1.54) is 5.69 Å². The van der Waals surface area contributed by atoms with E-state index in [0.29, 0.717) is 23.7 Å². The molecule has 0 spiro atoms. The minimum Gasteiger partial charge on any atom is -0.352 e. The molecule has 0 saturated carbocycles. The topological polar surface area (TPSA) is 36.1 Å². The predicted octanol–water partition coefficient (Wildman–Crippen LogP) is 4.39. The minimum atomic E-state index is 0.0385. The SMILES string of the molecule is O=C(c1ccc(Cl)cc1)N1CCc2[nH]c(Br)c(Br)c2C1. The van der Waals surface area contributed by atoms with Crippen LogP contribution < -0.4 is 0 Å². The van der Waals surface area contributed by atoms with Gasteiger partial charge in [0.05, 0.1) is 9.08 Å². The maximum absolute atomic E-state index is 12.5. The zero-order valence-electron chi connectivity index (χ0n) is 10.4. The Kier molecular flexibility index (Phi) is 3.93. The summed E-state index contributed by atoms with van der Waals surface area (Å²) in [6, 6.07) is 7.02. The number of aromatic nitrogens is 1. The molecule has 0 saturated heterocycles. The third kappa shape index (κ3) is 2.54. The lowest BCUT2D eigenvalue weighted by Gasteiger charge is -2.27. The van der Waals surface area contributed by atoms with Gasteiger partial charge in [-0.25, -0.2) is 0 Å². The van der Waals surface area contributed by atoms with Crippen molar-refractivity contribution in [3.8, 4) is 0 Å². The van der Waals surface area contributed by atoms with E-state index < -0.39 is 0 Å². The highest BCUT2D eigenvalue weighted by molar-refractivity contribution is 9.13. The lowest BCUT2D eigenvalue weighted by Crippen LogP contribution is -2.35. The number of fused-ring (bicyclic) bond motifs is 1. The van der Waals surface area contributed by atoms with Gasteiger partial charge >= 0.3 is 0 Å². The largest absolute Gasteiger partial charge is 0.352 e. The van der Waals surface area contributed by atoms with E-state index in [1.807, 2.05) is 4.90 Å². The molecule has 1 aliphatic heterocycles. The van der Waals surface area contributed by atoms with Crippen molar-refractivity contribution < 1.29 is 4.79 Å². The maximum Gasteiger partial charge on any atom is 0.254 e. The summed E-state index contributed by atoms with van der Waals surface area (Å²) >= 11 is 12.9. The summed E-state index contributed by atoms with van der Waals surface area (Å²) in [5.74, 6) is 0.0385. The van der Waals surface area contributed by atoms with Crippen LogP contribution in [0.2, 0.25) is 5.02 Å². The number of nitrogens with one attached hydrogen (secondary N) is 1. The van der Waals surface area contributed by atoms with E-state index in [4.69, 9.17) is 11.6 Å². The molecule has 6 heteroatoms. The standard InChI is InChI=1S/C14H11Br2ClN2O/c15-12-10-7-19(6-5-11(10)18-13(12)16)14(20)8-1-3-9(17)4-2-8/h1-4,18H,5-7H2. The predicted molar refractivity (Wildman–Crippen MR) is 86.1 cm³/mol. The monoisotopic (exact) mass is 416 g/mol. The molecule has 1 amide bonds. The van der Waals surface area contributed by atoms with Crippen LogP contribution in [-0.2, 0) is 13.0 Å². The van der Waals surface area contributed by atoms with Crippen LogP contribution in [0, 0.1) is 0 Å². The van der Waals surface area contributed by atoms with Gasteiger partial charge in [-0.05, 0) is 56.1 Å². The molecule has 1 aliphatic rings. The third-order valence-electron chi connectivity index (χ3n) is 3.44. The molecule has 3 rings (SSSR count). The summed E-state index contributed by atoms with van der Waals surface area (Å²) in [6.07, 6.45) is 0.832. The Hall–Kier alpha value is -0.780. The fourth-order valence-electron chi connectivity index (χ4n) is 2.37. The van der Waals surface area contributed by atoms with Gasteiger partial charge in [0.25, 0.3) is 5.91 Å². The van der Waals surface area contributed by atoms with Crippen LogP contribution in [0.1, 0.15) is 21.6 Å². The fraction of sp³-hybridized carbons (Fsp3) is 0.214. The summed E-state index contributed by atoms with van der Waals surface area (Å²) in [4.78, 5) is 17.6. The Balaban J connectivity index is 1.84. The highest BCUT2D eigenvalue weighted by atomic mass is 79.9. The number of hydrogen-bond acceptors (Lipinski definition) is 1. The molecule has 0 atom stereocenters. The Labute approximate surface area is 138 Å². The number of nitrogens with zero attached hydrogens (tertiary/aromatic N) is 1. The van der Waals surface area contributed by atoms with E-state index >= 15 is 0 Å². The van der Waals surface area contributed by atoms with E-state index in [2.05, 4.69) is 36.8 Å². The van der Waals surface area contributed by atoms with Crippen molar-refractivity contribution in [3.05, 3.63) is 55.2 Å². The van der Waals surface area contributed by atoms with Crippen LogP contribution in [0.4, 0.5) is 0 Å². The Morgan fingerprint density at radius 3 is 2.65 bits per heavy atom. The first-order valence-electron chi connectivity index (χ1n) is 6.16. The van der Waals surface area contributed by atoms with Gasteiger partial charge in [-0.15, -0.1) is 0 Å². The molecule has 20 heavy (non-hydrogen) atoms. The highest BCUT2D eigenvalue weighted by Gasteiger charge is 2.25. The average molecular weight is 419 g/mol. The summed E-state index contributed by atoms with van der Waals surface area (Å²) in [5, 5.41) is 0.639. The quantitative estimate of drug-likeness (QED) is 0.733. The summed E-state index contributed by atoms with van der Waals surface area (Å²) < 4.78 is 1.93. The Bertz CT molecular complexity index is 667. The molecule has 0 bridgehead atoms. The van der Waals surface area contributed by atoms with Crippen LogP contribution in [0.15, 0.2) is 33.3 Å². The molecule has 2 aromatic rings. The molecular weight excluding hydrogens is 407 g/mol. The molecule has 0 unspecified atom stereocenters. The molecule has 1 aromatic heterocycles. The molecule has 104 valence electrons. The van der Waals surface area contributed by atoms with Crippen molar-refractivity contribution in [1.82, 2.24) is 9.88 Å². The molecule has 2 heterocycles. The second-order valence-electron chi connectivity index (χ2n) is 4.69. The normalized spacial score (nSPS) is 14.2. The van der Waals surface area contributed by atoms with Crippen molar-refractivity contribution in [3.63, 3.8) is 0 Å². The summed E-state index contributed by atoms with van der Waals surface area (Å²) in [5.41, 5.74) is 3.00. The van der Waals surface area contributed by atoms with Gasteiger partial charge in [-0.2, -0.15) is 0 Å². The van der Waals surface area contributed by atoms with Gasteiger partial charge in [0, 0.05) is 41.4 Å². The Morgan fingerprint density at radius 1 is 1.25 bits per heavy atom. The minimum absolute atomic E-state index is 0.0385. The molecule has 0 fully saturated rings. The smallest absolute Gasteiger partial charge is 0.254 e. The number of benzene rings is 1. The van der Waals surface area contributed by atoms with Crippen LogP contribution in [-0.4, -0.2) is 22.3 Å². The Morgan fingerprint density at radius 2 is 1.95 bits per heavy atom. The van der Waals surface area contributed by atoms with Gasteiger partial charge in [0.15, 0.2) is 0 Å². The van der Waals surface area contributed by atoms with Gasteiger partial charge in [-0.1, -0.05) is 11.6 Å². The zero-order chi connectivity index (χ0) is 14.3. The van der Waals surface area contributed by atoms with Gasteiger partial charge in [-0.3, -0.25) is 4.79 Å². The fourth-order valence-corrected chi connectivity index (χ4v) is 3.44. The van der Waals surface area contributed by atoms with Gasteiger partial charge in [0.1, 0.15) is 0 Å². The van der Waals surface area contributed by atoms with E-state index in [1.54, 1.807) is 24.3 Å². The average Bonchev–Trinajstić information content (AvgIpc) is 2.74. The molecule has 1 N–H and O–H groups in total. The molecular formula is C14H11Br2ClN2O.